The molecule has 0 spiro atoms. The third-order valence-electron chi connectivity index (χ3n) is 4.37. The maximum atomic E-state index is 12.5. The molecular weight excluding hydrogens is 390 g/mol. The molecule has 0 radical (unpaired) electrons. The predicted octanol–water partition coefficient (Wildman–Crippen LogP) is 0.979. The third kappa shape index (κ3) is 6.66. The molecule has 1 aromatic carbocycles. The first-order valence-corrected chi connectivity index (χ1v) is 9.48. The molecule has 0 saturated carbocycles. The number of rotatable bonds is 11. The zero-order valence-electron chi connectivity index (χ0n) is 17.7. The summed E-state index contributed by atoms with van der Waals surface area (Å²) in [7, 11) is 6.53. The van der Waals surface area contributed by atoms with Crippen LogP contribution in [-0.4, -0.2) is 62.5 Å². The van der Waals surface area contributed by atoms with E-state index in [1.165, 1.54) is 0 Å². The molecule has 0 aliphatic rings. The average Bonchev–Trinajstić information content (AvgIpc) is 3.17. The van der Waals surface area contributed by atoms with Gasteiger partial charge in [-0.25, -0.2) is 9.78 Å². The van der Waals surface area contributed by atoms with E-state index >= 15 is 0 Å². The quantitative estimate of drug-likeness (QED) is 0.468. The van der Waals surface area contributed by atoms with Gasteiger partial charge in [0.1, 0.15) is 23.4 Å². The number of carbonyl (C=O) groups excluding carboxylic acids is 2. The first-order valence-electron chi connectivity index (χ1n) is 9.48. The van der Waals surface area contributed by atoms with Crippen LogP contribution in [0.2, 0.25) is 0 Å². The fourth-order valence-corrected chi connectivity index (χ4v) is 2.80. The first-order chi connectivity index (χ1) is 14.5. The van der Waals surface area contributed by atoms with Gasteiger partial charge in [-0.1, -0.05) is 0 Å². The van der Waals surface area contributed by atoms with Gasteiger partial charge in [0.25, 0.3) is 0 Å². The van der Waals surface area contributed by atoms with Crippen LogP contribution >= 0.6 is 0 Å². The Hall–Kier alpha value is -3.27. The summed E-state index contributed by atoms with van der Waals surface area (Å²) in [6, 6.07) is 4.40. The number of urea groups is 1. The Balaban J connectivity index is 2.08. The van der Waals surface area contributed by atoms with E-state index in [0.717, 1.165) is 5.56 Å². The van der Waals surface area contributed by atoms with Crippen molar-refractivity contribution in [3.63, 3.8) is 0 Å². The fourth-order valence-electron chi connectivity index (χ4n) is 2.80. The number of carbonyl (C=O) groups is 2. The molecule has 0 aliphatic carbocycles. The van der Waals surface area contributed by atoms with Gasteiger partial charge in [0.2, 0.25) is 5.91 Å². The second-order valence-corrected chi connectivity index (χ2v) is 6.47. The number of hydrogen-bond donors (Lipinski definition) is 3. The van der Waals surface area contributed by atoms with Gasteiger partial charge < -0.3 is 34.7 Å². The summed E-state index contributed by atoms with van der Waals surface area (Å²) < 4.78 is 17.4. The smallest absolute Gasteiger partial charge is 0.315 e. The Bertz CT molecular complexity index is 816. The number of amides is 3. The van der Waals surface area contributed by atoms with E-state index in [1.807, 2.05) is 23.7 Å². The number of imidazole rings is 1. The van der Waals surface area contributed by atoms with Crippen molar-refractivity contribution in [1.82, 2.24) is 25.5 Å². The molecule has 164 valence electrons. The molecule has 10 heteroatoms. The summed E-state index contributed by atoms with van der Waals surface area (Å²) in [5, 5.41) is 8.31. The summed E-state index contributed by atoms with van der Waals surface area (Å²) >= 11 is 0. The van der Waals surface area contributed by atoms with Crippen molar-refractivity contribution < 1.29 is 23.8 Å². The monoisotopic (exact) mass is 419 g/mol. The van der Waals surface area contributed by atoms with Crippen LogP contribution in [0.15, 0.2) is 30.6 Å². The Kier molecular flexibility index (Phi) is 8.95. The van der Waals surface area contributed by atoms with Crippen molar-refractivity contribution in [2.45, 2.75) is 12.5 Å². The van der Waals surface area contributed by atoms with Crippen LogP contribution in [0.4, 0.5) is 4.79 Å². The molecule has 10 nitrogen and oxygen atoms in total. The summed E-state index contributed by atoms with van der Waals surface area (Å²) in [5.74, 6) is 1.67. The molecule has 2 aromatic rings. The van der Waals surface area contributed by atoms with Gasteiger partial charge in [-0.2, -0.15) is 0 Å². The maximum absolute atomic E-state index is 12.5. The lowest BCUT2D eigenvalue weighted by molar-refractivity contribution is -0.121. The van der Waals surface area contributed by atoms with Crippen LogP contribution in [0, 0.1) is 0 Å². The molecular formula is C20H29N5O5. The largest absolute Gasteiger partial charge is 0.497 e. The maximum Gasteiger partial charge on any atom is 0.315 e. The predicted molar refractivity (Wildman–Crippen MR) is 111 cm³/mol. The van der Waals surface area contributed by atoms with Crippen LogP contribution in [0.5, 0.6) is 11.5 Å². The van der Waals surface area contributed by atoms with Gasteiger partial charge in [0.15, 0.2) is 0 Å². The Morgan fingerprint density at radius 2 is 1.77 bits per heavy atom. The van der Waals surface area contributed by atoms with E-state index < -0.39 is 12.1 Å². The summed E-state index contributed by atoms with van der Waals surface area (Å²) in [6.07, 6.45) is 3.62. The summed E-state index contributed by atoms with van der Waals surface area (Å²) in [6.45, 7) is 1.06. The zero-order chi connectivity index (χ0) is 21.9. The molecule has 1 heterocycles. The van der Waals surface area contributed by atoms with Crippen molar-refractivity contribution in [1.29, 1.82) is 0 Å². The number of hydrogen-bond acceptors (Lipinski definition) is 6. The van der Waals surface area contributed by atoms with Gasteiger partial charge in [0, 0.05) is 52.1 Å². The lowest BCUT2D eigenvalue weighted by atomic mass is 10.1. The number of aromatic nitrogens is 2. The fraction of sp³-hybridized carbons (Fsp3) is 0.450. The molecule has 1 atom stereocenters. The van der Waals surface area contributed by atoms with Crippen LogP contribution in [-0.2, 0) is 16.6 Å². The average molecular weight is 419 g/mol. The highest BCUT2D eigenvalue weighted by molar-refractivity contribution is 5.78. The van der Waals surface area contributed by atoms with Crippen LogP contribution in [0.25, 0.3) is 0 Å². The normalized spacial score (nSPS) is 11.5. The summed E-state index contributed by atoms with van der Waals surface area (Å²) in [5.41, 5.74) is 0.743. The molecule has 1 aromatic heterocycles. The van der Waals surface area contributed by atoms with E-state index in [1.54, 1.807) is 39.8 Å². The highest BCUT2D eigenvalue weighted by atomic mass is 16.5. The minimum absolute atomic E-state index is 0.162. The van der Waals surface area contributed by atoms with Crippen molar-refractivity contribution >= 4 is 11.9 Å². The second-order valence-electron chi connectivity index (χ2n) is 6.47. The third-order valence-corrected chi connectivity index (χ3v) is 4.37. The van der Waals surface area contributed by atoms with Gasteiger partial charge >= 0.3 is 6.03 Å². The zero-order valence-corrected chi connectivity index (χ0v) is 17.7. The van der Waals surface area contributed by atoms with Crippen molar-refractivity contribution in [2.75, 3.05) is 41.0 Å². The summed E-state index contributed by atoms with van der Waals surface area (Å²) in [4.78, 5) is 28.6. The van der Waals surface area contributed by atoms with Crippen molar-refractivity contribution in [3.8, 4) is 11.5 Å². The number of methoxy groups -OCH3 is 3. The van der Waals surface area contributed by atoms with E-state index in [0.29, 0.717) is 30.5 Å². The number of nitrogens with zero attached hydrogens (tertiary/aromatic N) is 2. The Labute approximate surface area is 175 Å². The molecule has 0 bridgehead atoms. The van der Waals surface area contributed by atoms with Crippen LogP contribution in [0.3, 0.4) is 0 Å². The highest BCUT2D eigenvalue weighted by Gasteiger charge is 2.22. The van der Waals surface area contributed by atoms with Crippen molar-refractivity contribution in [3.05, 3.63) is 42.0 Å². The molecule has 0 fully saturated rings. The molecule has 30 heavy (non-hydrogen) atoms. The molecule has 2 rings (SSSR count). The van der Waals surface area contributed by atoms with Crippen LogP contribution < -0.4 is 25.4 Å². The lowest BCUT2D eigenvalue weighted by Gasteiger charge is -2.21. The van der Waals surface area contributed by atoms with Gasteiger partial charge in [-0.15, -0.1) is 0 Å². The molecule has 3 amide bonds. The molecule has 0 saturated heterocycles. The molecule has 1 unspecified atom stereocenters. The van der Waals surface area contributed by atoms with E-state index in [4.69, 9.17) is 14.2 Å². The second kappa shape index (κ2) is 11.7. The number of ether oxygens (including phenoxy) is 3. The number of nitrogens with one attached hydrogen (secondary N) is 3. The van der Waals surface area contributed by atoms with Gasteiger partial charge in [0.05, 0.1) is 20.8 Å². The van der Waals surface area contributed by atoms with Crippen LogP contribution in [0.1, 0.15) is 23.9 Å². The topological polar surface area (TPSA) is 116 Å². The minimum atomic E-state index is -0.551. The highest BCUT2D eigenvalue weighted by Crippen LogP contribution is 2.29. The van der Waals surface area contributed by atoms with Gasteiger partial charge in [-0.05, 0) is 17.7 Å². The van der Waals surface area contributed by atoms with E-state index in [9.17, 15) is 9.59 Å². The molecule has 0 aliphatic heterocycles. The Morgan fingerprint density at radius 1 is 1.07 bits per heavy atom. The first kappa shape index (κ1) is 23.0. The SMILES string of the molecule is COCCNC(=O)CCNC(=O)NC(c1cc(OC)cc(OC)c1)c1nccn1C. The van der Waals surface area contributed by atoms with Crippen molar-refractivity contribution in [2.24, 2.45) is 7.05 Å². The lowest BCUT2D eigenvalue weighted by Crippen LogP contribution is -2.41. The minimum Gasteiger partial charge on any atom is -0.497 e. The standard InChI is InChI=1S/C20H29N5O5/c1-25-9-7-22-19(25)18(14-11-15(29-3)13-16(12-14)30-4)24-20(27)23-6-5-17(26)21-8-10-28-2/h7,9,11-13,18H,5-6,8,10H2,1-4H3,(H,21,26)(H2,23,24,27). The Morgan fingerprint density at radius 3 is 2.33 bits per heavy atom. The molecule has 3 N–H and O–H groups in total. The van der Waals surface area contributed by atoms with E-state index in [-0.39, 0.29) is 18.9 Å². The number of aryl methyl sites for hydroxylation is 1. The van der Waals surface area contributed by atoms with E-state index in [2.05, 4.69) is 20.9 Å². The number of benzene rings is 1. The van der Waals surface area contributed by atoms with Gasteiger partial charge in [-0.3, -0.25) is 4.79 Å².